The van der Waals surface area contributed by atoms with E-state index in [9.17, 15) is 13.2 Å². The lowest BCUT2D eigenvalue weighted by molar-refractivity contribution is -0.138. The van der Waals surface area contributed by atoms with Crippen LogP contribution in [0.4, 0.5) is 18.9 Å². The van der Waals surface area contributed by atoms with Gasteiger partial charge < -0.3 is 20.3 Å². The molecule has 2 heterocycles. The van der Waals surface area contributed by atoms with Gasteiger partial charge in [-0.25, -0.2) is 4.99 Å². The number of ether oxygens (including phenoxy) is 1. The van der Waals surface area contributed by atoms with Gasteiger partial charge in [-0.2, -0.15) is 13.2 Å². The summed E-state index contributed by atoms with van der Waals surface area (Å²) in [6.07, 6.45) is -4.43. The Bertz CT molecular complexity index is 809. The summed E-state index contributed by atoms with van der Waals surface area (Å²) in [5.41, 5.74) is 0.0817. The molecule has 2 aromatic rings. The number of alkyl halides is 3. The highest BCUT2D eigenvalue weighted by Crippen LogP contribution is 2.35. The molecular formula is C20H26F3IN4OS. The molecule has 2 N–H and O–H groups in total. The van der Waals surface area contributed by atoms with Crippen LogP contribution in [-0.2, 0) is 24.0 Å². The number of hydrogen-bond acceptors (Lipinski definition) is 4. The summed E-state index contributed by atoms with van der Waals surface area (Å²) in [5, 5.41) is 8.22. The molecule has 166 valence electrons. The summed E-state index contributed by atoms with van der Waals surface area (Å²) >= 11 is 1.61. The fourth-order valence-electron chi connectivity index (χ4n) is 3.07. The number of guanidine groups is 1. The summed E-state index contributed by atoms with van der Waals surface area (Å²) < 4.78 is 46.3. The minimum atomic E-state index is -4.43. The lowest BCUT2D eigenvalue weighted by Gasteiger charge is -2.29. The minimum absolute atomic E-state index is 0. The van der Waals surface area contributed by atoms with Crippen LogP contribution in [-0.4, -0.2) is 38.8 Å². The molecule has 0 saturated carbocycles. The molecule has 3 rings (SSSR count). The van der Waals surface area contributed by atoms with Gasteiger partial charge in [0.1, 0.15) is 0 Å². The van der Waals surface area contributed by atoms with Crippen LogP contribution in [0.25, 0.3) is 0 Å². The van der Waals surface area contributed by atoms with E-state index >= 15 is 0 Å². The number of nitrogens with one attached hydrogen (secondary N) is 2. The average Bonchev–Trinajstić information content (AvgIpc) is 3.23. The van der Waals surface area contributed by atoms with E-state index in [1.165, 1.54) is 12.1 Å². The third-order valence-corrected chi connectivity index (χ3v) is 5.41. The second-order valence-electron chi connectivity index (χ2n) is 6.57. The Morgan fingerprint density at radius 1 is 1.20 bits per heavy atom. The molecule has 0 spiro atoms. The van der Waals surface area contributed by atoms with E-state index in [1.54, 1.807) is 17.4 Å². The average molecular weight is 554 g/mol. The number of rotatable bonds is 6. The van der Waals surface area contributed by atoms with Crippen molar-refractivity contribution >= 4 is 47.0 Å². The lowest BCUT2D eigenvalue weighted by Crippen LogP contribution is -2.36. The Morgan fingerprint density at radius 3 is 2.60 bits per heavy atom. The van der Waals surface area contributed by atoms with Crippen molar-refractivity contribution in [2.24, 2.45) is 4.99 Å². The smallest absolute Gasteiger partial charge is 0.378 e. The molecule has 1 fully saturated rings. The molecule has 5 nitrogen and oxygen atoms in total. The van der Waals surface area contributed by atoms with E-state index in [0.717, 1.165) is 4.88 Å². The van der Waals surface area contributed by atoms with Gasteiger partial charge in [0.2, 0.25) is 0 Å². The van der Waals surface area contributed by atoms with E-state index in [0.29, 0.717) is 51.0 Å². The third-order valence-electron chi connectivity index (χ3n) is 4.54. The van der Waals surface area contributed by atoms with Gasteiger partial charge in [0.15, 0.2) is 5.96 Å². The molecule has 0 atom stereocenters. The molecule has 0 bridgehead atoms. The first-order valence-corrected chi connectivity index (χ1v) is 10.4. The van der Waals surface area contributed by atoms with Gasteiger partial charge >= 0.3 is 6.18 Å². The maximum absolute atomic E-state index is 13.7. The zero-order valence-electron chi connectivity index (χ0n) is 16.7. The molecule has 0 amide bonds. The molecular weight excluding hydrogens is 528 g/mol. The lowest BCUT2D eigenvalue weighted by atomic mass is 10.1. The van der Waals surface area contributed by atoms with Gasteiger partial charge in [-0.3, -0.25) is 0 Å². The maximum Gasteiger partial charge on any atom is 0.416 e. The normalized spacial score (nSPS) is 14.9. The fourth-order valence-corrected chi connectivity index (χ4v) is 3.72. The van der Waals surface area contributed by atoms with Gasteiger partial charge in [-0.15, -0.1) is 35.3 Å². The van der Waals surface area contributed by atoms with Gasteiger partial charge in [0.05, 0.1) is 31.9 Å². The van der Waals surface area contributed by atoms with Crippen LogP contribution >= 0.6 is 35.3 Å². The molecule has 1 saturated heterocycles. The molecule has 1 aromatic heterocycles. The monoisotopic (exact) mass is 554 g/mol. The highest BCUT2D eigenvalue weighted by Gasteiger charge is 2.34. The van der Waals surface area contributed by atoms with Crippen molar-refractivity contribution in [3.8, 4) is 0 Å². The second kappa shape index (κ2) is 11.8. The number of benzene rings is 1. The van der Waals surface area contributed by atoms with Crippen LogP contribution in [0.1, 0.15) is 22.9 Å². The summed E-state index contributed by atoms with van der Waals surface area (Å²) in [7, 11) is 0. The van der Waals surface area contributed by atoms with Crippen molar-refractivity contribution in [2.75, 3.05) is 37.7 Å². The van der Waals surface area contributed by atoms with Gasteiger partial charge in [0, 0.05) is 30.2 Å². The van der Waals surface area contributed by atoms with Crippen LogP contribution in [0.3, 0.4) is 0 Å². The Kier molecular flexibility index (Phi) is 9.69. The van der Waals surface area contributed by atoms with E-state index in [2.05, 4.69) is 15.6 Å². The highest BCUT2D eigenvalue weighted by atomic mass is 127. The van der Waals surface area contributed by atoms with E-state index < -0.39 is 11.7 Å². The largest absolute Gasteiger partial charge is 0.416 e. The van der Waals surface area contributed by atoms with Crippen LogP contribution in [0.2, 0.25) is 0 Å². The first kappa shape index (κ1) is 24.7. The predicted molar refractivity (Wildman–Crippen MR) is 126 cm³/mol. The molecule has 1 aliphatic rings. The number of nitrogens with zero attached hydrogens (tertiary/aromatic N) is 2. The predicted octanol–water partition coefficient (Wildman–Crippen LogP) is 4.48. The van der Waals surface area contributed by atoms with E-state index in [-0.39, 0.29) is 36.1 Å². The molecule has 30 heavy (non-hydrogen) atoms. The minimum Gasteiger partial charge on any atom is -0.378 e. The van der Waals surface area contributed by atoms with Crippen molar-refractivity contribution in [3.63, 3.8) is 0 Å². The Balaban J connectivity index is 0.00000320. The van der Waals surface area contributed by atoms with Crippen molar-refractivity contribution in [1.82, 2.24) is 10.6 Å². The zero-order valence-corrected chi connectivity index (χ0v) is 19.8. The molecule has 1 aliphatic heterocycles. The van der Waals surface area contributed by atoms with Crippen LogP contribution in [0.15, 0.2) is 40.7 Å². The van der Waals surface area contributed by atoms with E-state index in [4.69, 9.17) is 4.74 Å². The van der Waals surface area contributed by atoms with Crippen molar-refractivity contribution in [1.29, 1.82) is 0 Å². The number of halogens is 4. The zero-order chi connectivity index (χ0) is 20.7. The van der Waals surface area contributed by atoms with Gasteiger partial charge in [0.25, 0.3) is 0 Å². The van der Waals surface area contributed by atoms with Crippen LogP contribution in [0, 0.1) is 0 Å². The van der Waals surface area contributed by atoms with Crippen LogP contribution < -0.4 is 15.5 Å². The number of thiophene rings is 1. The molecule has 10 heteroatoms. The van der Waals surface area contributed by atoms with Gasteiger partial charge in [-0.05, 0) is 36.1 Å². The molecule has 0 radical (unpaired) electrons. The first-order valence-electron chi connectivity index (χ1n) is 9.54. The SMILES string of the molecule is CCNC(=NCc1ccc(N2CCOCC2)cc1C(F)(F)F)NCc1cccs1.I. The van der Waals surface area contributed by atoms with Crippen molar-refractivity contribution < 1.29 is 17.9 Å². The molecule has 1 aromatic carbocycles. The quantitative estimate of drug-likeness (QED) is 0.314. The molecule has 0 unspecified atom stereocenters. The second-order valence-corrected chi connectivity index (χ2v) is 7.60. The first-order chi connectivity index (χ1) is 14.0. The standard InChI is InChI=1S/C20H25F3N4OS.HI/c1-2-24-19(26-14-17-4-3-11-29-17)25-13-15-5-6-16(12-18(15)20(21,22)23)27-7-9-28-10-8-27;/h3-6,11-12H,2,7-10,13-14H2,1H3,(H2,24,25,26);1H. The number of hydrogen-bond donors (Lipinski definition) is 2. The highest BCUT2D eigenvalue weighted by molar-refractivity contribution is 14.0. The van der Waals surface area contributed by atoms with Crippen molar-refractivity contribution in [2.45, 2.75) is 26.2 Å². The number of anilines is 1. The Labute approximate surface area is 195 Å². The third kappa shape index (κ3) is 7.02. The number of morpholine rings is 1. The summed E-state index contributed by atoms with van der Waals surface area (Å²) in [5.74, 6) is 0.492. The fraction of sp³-hybridized carbons (Fsp3) is 0.450. The van der Waals surface area contributed by atoms with Crippen LogP contribution in [0.5, 0.6) is 0 Å². The number of aliphatic imine (C=N–C) groups is 1. The summed E-state index contributed by atoms with van der Waals surface area (Å²) in [6.45, 7) is 5.28. The van der Waals surface area contributed by atoms with Crippen molar-refractivity contribution in [3.05, 3.63) is 51.7 Å². The van der Waals surface area contributed by atoms with E-state index in [1.807, 2.05) is 29.3 Å². The Hall–Kier alpha value is -1.53. The summed E-state index contributed by atoms with van der Waals surface area (Å²) in [4.78, 5) is 7.41. The van der Waals surface area contributed by atoms with Gasteiger partial charge in [-0.1, -0.05) is 12.1 Å². The molecule has 0 aliphatic carbocycles. The Morgan fingerprint density at radius 2 is 1.97 bits per heavy atom. The maximum atomic E-state index is 13.7. The topological polar surface area (TPSA) is 48.9 Å². The summed E-state index contributed by atoms with van der Waals surface area (Å²) in [6, 6.07) is 8.43.